The molecule has 0 aliphatic rings. The molecule has 0 radical (unpaired) electrons. The fourth-order valence-electron chi connectivity index (χ4n) is 2.10. The first-order valence-corrected chi connectivity index (χ1v) is 6.78. The molecule has 0 spiro atoms. The minimum atomic E-state index is -0.753. The molecule has 5 heteroatoms. The number of hydrogen-bond acceptors (Lipinski definition) is 4. The Morgan fingerprint density at radius 3 is 2.63 bits per heavy atom. The van der Waals surface area contributed by atoms with Crippen LogP contribution in [0.25, 0.3) is 10.8 Å². The number of rotatable bonds is 5. The summed E-state index contributed by atoms with van der Waals surface area (Å²) in [6.45, 7) is 4.29. The lowest BCUT2D eigenvalue weighted by Gasteiger charge is -2.23. The number of fused-ring (bicyclic) bond motifs is 1. The third-order valence-corrected chi connectivity index (χ3v) is 3.35. The van der Waals surface area contributed by atoms with Crippen molar-refractivity contribution in [3.8, 4) is 0 Å². The first-order valence-electron chi connectivity index (χ1n) is 6.40. The van der Waals surface area contributed by atoms with E-state index < -0.39 is 5.60 Å². The second-order valence-electron chi connectivity index (χ2n) is 4.99. The van der Waals surface area contributed by atoms with Gasteiger partial charge in [0.15, 0.2) is 11.0 Å². The third kappa shape index (κ3) is 3.33. The van der Waals surface area contributed by atoms with E-state index in [2.05, 4.69) is 15.5 Å². The van der Waals surface area contributed by atoms with Crippen LogP contribution in [-0.4, -0.2) is 27.4 Å². The van der Waals surface area contributed by atoms with Crippen molar-refractivity contribution in [3.05, 3.63) is 29.4 Å². The smallest absolute Gasteiger partial charge is 0.159 e. The average molecular weight is 280 g/mol. The number of benzene rings is 1. The standard InChI is InChI=1S/C14H18ClN3O/c1-3-8-14(2,19)9-16-13-11-7-5-4-6-10(11)12(15)17-18-13/h4-7,19H,3,8-9H2,1-2H3,(H,16,18). The van der Waals surface area contributed by atoms with E-state index in [0.29, 0.717) is 17.5 Å². The van der Waals surface area contributed by atoms with Gasteiger partial charge in [0.25, 0.3) is 0 Å². The molecule has 19 heavy (non-hydrogen) atoms. The Balaban J connectivity index is 2.24. The quantitative estimate of drug-likeness (QED) is 0.882. The van der Waals surface area contributed by atoms with Gasteiger partial charge in [0.05, 0.1) is 5.60 Å². The number of aliphatic hydroxyl groups is 1. The number of aromatic nitrogens is 2. The van der Waals surface area contributed by atoms with Gasteiger partial charge in [-0.25, -0.2) is 0 Å². The topological polar surface area (TPSA) is 58.0 Å². The number of hydrogen-bond donors (Lipinski definition) is 2. The zero-order valence-electron chi connectivity index (χ0n) is 11.2. The van der Waals surface area contributed by atoms with Crippen molar-refractivity contribution < 1.29 is 5.11 Å². The second kappa shape index (κ2) is 5.72. The molecule has 2 N–H and O–H groups in total. The maximum absolute atomic E-state index is 10.2. The van der Waals surface area contributed by atoms with Crippen LogP contribution in [0.1, 0.15) is 26.7 Å². The first kappa shape index (κ1) is 14.0. The molecular formula is C14H18ClN3O. The van der Waals surface area contributed by atoms with Crippen molar-refractivity contribution in [2.75, 3.05) is 11.9 Å². The Labute approximate surface area is 117 Å². The Kier molecular flexibility index (Phi) is 4.22. The van der Waals surface area contributed by atoms with Crippen LogP contribution in [0.2, 0.25) is 5.15 Å². The van der Waals surface area contributed by atoms with Gasteiger partial charge in [-0.15, -0.1) is 10.2 Å². The molecule has 0 bridgehead atoms. The Morgan fingerprint density at radius 1 is 1.26 bits per heavy atom. The summed E-state index contributed by atoms with van der Waals surface area (Å²) in [5, 5.41) is 23.5. The van der Waals surface area contributed by atoms with Crippen molar-refractivity contribution in [1.29, 1.82) is 0 Å². The summed E-state index contributed by atoms with van der Waals surface area (Å²) in [7, 11) is 0. The molecule has 2 rings (SSSR count). The fourth-order valence-corrected chi connectivity index (χ4v) is 2.31. The van der Waals surface area contributed by atoms with Crippen molar-refractivity contribution in [1.82, 2.24) is 10.2 Å². The van der Waals surface area contributed by atoms with Gasteiger partial charge in [0, 0.05) is 17.3 Å². The van der Waals surface area contributed by atoms with Gasteiger partial charge in [-0.1, -0.05) is 49.2 Å². The molecule has 0 saturated carbocycles. The van der Waals surface area contributed by atoms with Gasteiger partial charge in [0.1, 0.15) is 0 Å². The lowest BCUT2D eigenvalue weighted by atomic mass is 10.0. The normalized spacial score (nSPS) is 14.3. The van der Waals surface area contributed by atoms with Crippen LogP contribution in [0.15, 0.2) is 24.3 Å². The molecular weight excluding hydrogens is 262 g/mol. The molecule has 1 aromatic heterocycles. The number of nitrogens with one attached hydrogen (secondary N) is 1. The van der Waals surface area contributed by atoms with Gasteiger partial charge in [0.2, 0.25) is 0 Å². The summed E-state index contributed by atoms with van der Waals surface area (Å²) in [5.41, 5.74) is -0.753. The van der Waals surface area contributed by atoms with E-state index in [1.165, 1.54) is 0 Å². The highest BCUT2D eigenvalue weighted by molar-refractivity contribution is 6.34. The third-order valence-electron chi connectivity index (χ3n) is 3.07. The summed E-state index contributed by atoms with van der Waals surface area (Å²) in [6.07, 6.45) is 1.67. The summed E-state index contributed by atoms with van der Waals surface area (Å²) in [6, 6.07) is 7.68. The van der Waals surface area contributed by atoms with Gasteiger partial charge in [-0.3, -0.25) is 0 Å². The van der Waals surface area contributed by atoms with Crippen LogP contribution >= 0.6 is 11.6 Å². The van der Waals surface area contributed by atoms with Crippen molar-refractivity contribution in [2.45, 2.75) is 32.3 Å². The van der Waals surface area contributed by atoms with Crippen molar-refractivity contribution in [3.63, 3.8) is 0 Å². The van der Waals surface area contributed by atoms with E-state index in [4.69, 9.17) is 11.6 Å². The molecule has 4 nitrogen and oxygen atoms in total. The maximum Gasteiger partial charge on any atom is 0.159 e. The predicted molar refractivity (Wildman–Crippen MR) is 78.6 cm³/mol. The van der Waals surface area contributed by atoms with E-state index in [1.807, 2.05) is 38.1 Å². The van der Waals surface area contributed by atoms with Crippen LogP contribution in [0.5, 0.6) is 0 Å². The highest BCUT2D eigenvalue weighted by Gasteiger charge is 2.19. The Morgan fingerprint density at radius 2 is 1.95 bits per heavy atom. The monoisotopic (exact) mass is 279 g/mol. The first-order chi connectivity index (χ1) is 9.03. The van der Waals surface area contributed by atoms with E-state index in [-0.39, 0.29) is 0 Å². The van der Waals surface area contributed by atoms with Crippen molar-refractivity contribution >= 4 is 28.2 Å². The zero-order chi connectivity index (χ0) is 13.9. The fraction of sp³-hybridized carbons (Fsp3) is 0.429. The molecule has 1 heterocycles. The van der Waals surface area contributed by atoms with Crippen LogP contribution in [0, 0.1) is 0 Å². The molecule has 102 valence electrons. The average Bonchev–Trinajstić information content (AvgIpc) is 2.38. The Hall–Kier alpha value is -1.39. The van der Waals surface area contributed by atoms with Crippen LogP contribution in [-0.2, 0) is 0 Å². The minimum Gasteiger partial charge on any atom is -0.388 e. The van der Waals surface area contributed by atoms with E-state index >= 15 is 0 Å². The molecule has 2 aromatic rings. The molecule has 0 fully saturated rings. The molecule has 1 atom stereocenters. The van der Waals surface area contributed by atoms with Crippen LogP contribution in [0.3, 0.4) is 0 Å². The molecule has 0 aliphatic carbocycles. The number of halogens is 1. The van der Waals surface area contributed by atoms with Gasteiger partial charge < -0.3 is 10.4 Å². The summed E-state index contributed by atoms with van der Waals surface area (Å²) >= 11 is 6.02. The Bertz CT molecular complexity index is 572. The molecule has 0 amide bonds. The molecule has 0 saturated heterocycles. The molecule has 0 aliphatic heterocycles. The lowest BCUT2D eigenvalue weighted by Crippen LogP contribution is -2.33. The van der Waals surface area contributed by atoms with E-state index in [9.17, 15) is 5.11 Å². The van der Waals surface area contributed by atoms with Crippen LogP contribution < -0.4 is 5.32 Å². The van der Waals surface area contributed by atoms with Crippen LogP contribution in [0.4, 0.5) is 5.82 Å². The SMILES string of the molecule is CCCC(C)(O)CNc1nnc(Cl)c2ccccc12. The van der Waals surface area contributed by atoms with Crippen molar-refractivity contribution in [2.24, 2.45) is 0 Å². The van der Waals surface area contributed by atoms with E-state index in [1.54, 1.807) is 0 Å². The van der Waals surface area contributed by atoms with Gasteiger partial charge in [-0.05, 0) is 13.3 Å². The summed E-state index contributed by atoms with van der Waals surface area (Å²) in [5.74, 6) is 0.649. The number of anilines is 1. The minimum absolute atomic E-state index is 0.390. The zero-order valence-corrected chi connectivity index (χ0v) is 11.9. The van der Waals surface area contributed by atoms with E-state index in [0.717, 1.165) is 23.6 Å². The number of nitrogens with zero attached hydrogens (tertiary/aromatic N) is 2. The summed E-state index contributed by atoms with van der Waals surface area (Å²) < 4.78 is 0. The molecule has 1 unspecified atom stereocenters. The predicted octanol–water partition coefficient (Wildman–Crippen LogP) is 3.25. The summed E-state index contributed by atoms with van der Waals surface area (Å²) in [4.78, 5) is 0. The highest BCUT2D eigenvalue weighted by atomic mass is 35.5. The molecule has 1 aromatic carbocycles. The van der Waals surface area contributed by atoms with Gasteiger partial charge >= 0.3 is 0 Å². The maximum atomic E-state index is 10.2. The van der Waals surface area contributed by atoms with Gasteiger partial charge in [-0.2, -0.15) is 0 Å². The highest BCUT2D eigenvalue weighted by Crippen LogP contribution is 2.26. The lowest BCUT2D eigenvalue weighted by molar-refractivity contribution is 0.0636. The largest absolute Gasteiger partial charge is 0.388 e. The second-order valence-corrected chi connectivity index (χ2v) is 5.34.